The van der Waals surface area contributed by atoms with Crippen LogP contribution < -0.4 is 4.74 Å². The number of nitrogens with zero attached hydrogens (tertiary/aromatic N) is 1. The molecular weight excluding hydrogens is 411 g/mol. The third-order valence-corrected chi connectivity index (χ3v) is 5.09. The maximum Gasteiger partial charge on any atom is 0.513 e. The lowest BCUT2D eigenvalue weighted by atomic mass is 10.1. The number of carbonyl (C=O) groups excluding carboxylic acids is 1. The van der Waals surface area contributed by atoms with Gasteiger partial charge in [-0.2, -0.15) is 13.2 Å². The van der Waals surface area contributed by atoms with Crippen molar-refractivity contribution in [1.29, 1.82) is 0 Å². The second-order valence-electron chi connectivity index (χ2n) is 7.13. The summed E-state index contributed by atoms with van der Waals surface area (Å²) in [4.78, 5) is 11.7. The zero-order valence-electron chi connectivity index (χ0n) is 16.7. The van der Waals surface area contributed by atoms with Crippen LogP contribution in [0.3, 0.4) is 0 Å². The lowest BCUT2D eigenvalue weighted by molar-refractivity contribution is -0.138. The first kappa shape index (κ1) is 20.6. The Morgan fingerprint density at radius 2 is 1.77 bits per heavy atom. The van der Waals surface area contributed by atoms with Gasteiger partial charge in [0.15, 0.2) is 0 Å². The Bertz CT molecular complexity index is 1310. The van der Waals surface area contributed by atoms with Crippen molar-refractivity contribution in [2.75, 3.05) is 7.11 Å². The number of alkyl halides is 3. The number of hydrogen-bond donors (Lipinski definition) is 1. The molecule has 0 aliphatic carbocycles. The van der Waals surface area contributed by atoms with E-state index in [9.17, 15) is 23.1 Å². The van der Waals surface area contributed by atoms with Gasteiger partial charge in [0.05, 0.1) is 34.5 Å². The predicted octanol–water partition coefficient (Wildman–Crippen LogP) is 6.02. The molecule has 0 aliphatic heterocycles. The molecule has 0 bridgehead atoms. The molecule has 1 N–H and O–H groups in total. The Kier molecular flexibility index (Phi) is 5.00. The summed E-state index contributed by atoms with van der Waals surface area (Å²) in [5.74, 6) is 0.0696. The summed E-state index contributed by atoms with van der Waals surface area (Å²) < 4.78 is 52.2. The van der Waals surface area contributed by atoms with Crippen molar-refractivity contribution in [3.8, 4) is 11.5 Å². The summed E-state index contributed by atoms with van der Waals surface area (Å²) in [5, 5.41) is 11.5. The minimum Gasteiger partial charge on any atom is -0.507 e. The van der Waals surface area contributed by atoms with Crippen LogP contribution in [0.4, 0.5) is 18.0 Å². The number of hydrogen-bond acceptors (Lipinski definition) is 4. The molecule has 0 atom stereocenters. The number of fused-ring (bicyclic) bond motifs is 3. The van der Waals surface area contributed by atoms with E-state index < -0.39 is 17.9 Å². The standard InChI is InChI=1S/C23H18F3NO4/c1-13-10-17-20(18(28)11-13)21-16(8-5-9-19(21)31-22(29)30-2)27(17)12-14-6-3-4-7-15(14)23(24,25)26/h3-11,28H,12H2,1-2H3. The number of rotatable bonds is 3. The number of phenols is 1. The highest BCUT2D eigenvalue weighted by atomic mass is 19.4. The lowest BCUT2D eigenvalue weighted by Gasteiger charge is -2.15. The Morgan fingerprint density at radius 3 is 2.48 bits per heavy atom. The van der Waals surface area contributed by atoms with Gasteiger partial charge >= 0.3 is 12.3 Å². The summed E-state index contributed by atoms with van der Waals surface area (Å²) in [6.45, 7) is 1.68. The van der Waals surface area contributed by atoms with Crippen LogP contribution in [-0.2, 0) is 17.5 Å². The lowest BCUT2D eigenvalue weighted by Crippen LogP contribution is -2.11. The summed E-state index contributed by atoms with van der Waals surface area (Å²) in [6.07, 6.45) is -5.45. The molecule has 0 radical (unpaired) electrons. The van der Waals surface area contributed by atoms with Crippen LogP contribution in [0.1, 0.15) is 16.7 Å². The van der Waals surface area contributed by atoms with Crippen LogP contribution in [0.5, 0.6) is 11.5 Å². The first-order valence-corrected chi connectivity index (χ1v) is 9.36. The Labute approximate surface area is 175 Å². The number of ether oxygens (including phenoxy) is 2. The van der Waals surface area contributed by atoms with Crippen molar-refractivity contribution in [1.82, 2.24) is 4.57 Å². The van der Waals surface area contributed by atoms with Crippen LogP contribution in [0.2, 0.25) is 0 Å². The van der Waals surface area contributed by atoms with E-state index in [2.05, 4.69) is 4.74 Å². The molecule has 8 heteroatoms. The van der Waals surface area contributed by atoms with Crippen molar-refractivity contribution < 1.29 is 32.5 Å². The zero-order valence-corrected chi connectivity index (χ0v) is 16.7. The summed E-state index contributed by atoms with van der Waals surface area (Å²) in [5.41, 5.74) is 1.10. The van der Waals surface area contributed by atoms with Gasteiger partial charge < -0.3 is 19.1 Å². The van der Waals surface area contributed by atoms with Crippen molar-refractivity contribution in [3.63, 3.8) is 0 Å². The van der Waals surface area contributed by atoms with E-state index in [4.69, 9.17) is 4.74 Å². The molecule has 0 amide bonds. The third kappa shape index (κ3) is 3.65. The molecule has 4 rings (SSSR count). The van der Waals surface area contributed by atoms with Gasteiger partial charge in [0.25, 0.3) is 0 Å². The van der Waals surface area contributed by atoms with Crippen LogP contribution in [0.15, 0.2) is 54.6 Å². The summed E-state index contributed by atoms with van der Waals surface area (Å²) >= 11 is 0. The number of phenolic OH excluding ortho intramolecular Hbond substituents is 1. The van der Waals surface area contributed by atoms with Crippen molar-refractivity contribution in [2.45, 2.75) is 19.6 Å². The largest absolute Gasteiger partial charge is 0.513 e. The highest BCUT2D eigenvalue weighted by Gasteiger charge is 2.33. The zero-order chi connectivity index (χ0) is 22.3. The quantitative estimate of drug-likeness (QED) is 0.320. The number of aromatic nitrogens is 1. The van der Waals surface area contributed by atoms with Crippen LogP contribution in [0.25, 0.3) is 21.8 Å². The van der Waals surface area contributed by atoms with Gasteiger partial charge in [-0.1, -0.05) is 24.3 Å². The molecule has 4 aromatic rings. The van der Waals surface area contributed by atoms with E-state index in [0.717, 1.165) is 11.6 Å². The van der Waals surface area contributed by atoms with E-state index in [-0.39, 0.29) is 23.6 Å². The summed E-state index contributed by atoms with van der Waals surface area (Å²) in [7, 11) is 1.17. The molecule has 0 spiro atoms. The van der Waals surface area contributed by atoms with Gasteiger partial charge in [0.2, 0.25) is 0 Å². The number of aryl methyl sites for hydroxylation is 1. The predicted molar refractivity (Wildman–Crippen MR) is 109 cm³/mol. The monoisotopic (exact) mass is 429 g/mol. The Morgan fingerprint density at radius 1 is 1.03 bits per heavy atom. The molecule has 31 heavy (non-hydrogen) atoms. The van der Waals surface area contributed by atoms with E-state index in [1.54, 1.807) is 41.8 Å². The maximum absolute atomic E-state index is 13.6. The van der Waals surface area contributed by atoms with Crippen LogP contribution in [0, 0.1) is 6.92 Å². The van der Waals surface area contributed by atoms with Gasteiger partial charge in [0.1, 0.15) is 11.5 Å². The molecule has 0 saturated heterocycles. The molecule has 1 heterocycles. The second-order valence-corrected chi connectivity index (χ2v) is 7.13. The average molecular weight is 429 g/mol. The molecule has 0 unspecified atom stereocenters. The molecule has 5 nitrogen and oxygen atoms in total. The van der Waals surface area contributed by atoms with E-state index in [1.165, 1.54) is 25.3 Å². The van der Waals surface area contributed by atoms with E-state index in [1.807, 2.05) is 0 Å². The van der Waals surface area contributed by atoms with Crippen LogP contribution >= 0.6 is 0 Å². The summed E-state index contributed by atoms with van der Waals surface area (Å²) in [6, 6.07) is 13.5. The second kappa shape index (κ2) is 7.54. The number of halogens is 3. The normalized spacial score (nSPS) is 11.8. The third-order valence-electron chi connectivity index (χ3n) is 5.09. The molecule has 0 aliphatic rings. The van der Waals surface area contributed by atoms with E-state index in [0.29, 0.717) is 21.8 Å². The number of methoxy groups -OCH3 is 1. The number of carbonyl (C=O) groups is 1. The van der Waals surface area contributed by atoms with Crippen LogP contribution in [-0.4, -0.2) is 22.9 Å². The minimum atomic E-state index is -4.51. The van der Waals surface area contributed by atoms with Gasteiger partial charge in [-0.25, -0.2) is 4.79 Å². The fourth-order valence-electron chi connectivity index (χ4n) is 3.83. The van der Waals surface area contributed by atoms with Crippen molar-refractivity contribution in [2.24, 2.45) is 0 Å². The molecule has 0 fully saturated rings. The molecule has 160 valence electrons. The van der Waals surface area contributed by atoms with Crippen molar-refractivity contribution >= 4 is 28.0 Å². The highest BCUT2D eigenvalue weighted by molar-refractivity contribution is 6.14. The number of benzene rings is 3. The first-order valence-electron chi connectivity index (χ1n) is 9.36. The topological polar surface area (TPSA) is 60.7 Å². The Hall–Kier alpha value is -3.68. The molecule has 1 aromatic heterocycles. The number of aromatic hydroxyl groups is 1. The van der Waals surface area contributed by atoms with Crippen molar-refractivity contribution in [3.05, 3.63) is 71.3 Å². The fourth-order valence-corrected chi connectivity index (χ4v) is 3.83. The first-order chi connectivity index (χ1) is 14.7. The SMILES string of the molecule is COC(=O)Oc1cccc2c1c1c(O)cc(C)cc1n2Cc1ccccc1C(F)(F)F. The smallest absolute Gasteiger partial charge is 0.507 e. The molecule has 0 saturated carbocycles. The van der Waals surface area contributed by atoms with E-state index >= 15 is 0 Å². The maximum atomic E-state index is 13.6. The molecule has 3 aromatic carbocycles. The minimum absolute atomic E-state index is 0.0660. The highest BCUT2D eigenvalue weighted by Crippen LogP contribution is 2.42. The average Bonchev–Trinajstić information content (AvgIpc) is 3.02. The van der Waals surface area contributed by atoms with Gasteiger partial charge in [-0.05, 0) is 48.4 Å². The van der Waals surface area contributed by atoms with Gasteiger partial charge in [-0.15, -0.1) is 0 Å². The molecular formula is C23H18F3NO4. The van der Waals surface area contributed by atoms with Gasteiger partial charge in [-0.3, -0.25) is 0 Å². The van der Waals surface area contributed by atoms with Gasteiger partial charge in [0, 0.05) is 6.54 Å². The fraction of sp³-hybridized carbons (Fsp3) is 0.174. The Balaban J connectivity index is 2.02.